The van der Waals surface area contributed by atoms with Crippen molar-refractivity contribution in [2.75, 3.05) is 91.4 Å². The molecular weight excluding hydrogens is 492 g/mol. The van der Waals surface area contributed by atoms with Crippen molar-refractivity contribution < 1.29 is 13.8 Å². The van der Waals surface area contributed by atoms with Gasteiger partial charge in [0.15, 0.2) is 5.78 Å². The molecule has 40 heavy (non-hydrogen) atoms. The Kier molecular flexibility index (Phi) is 11.2. The van der Waals surface area contributed by atoms with Gasteiger partial charge >= 0.3 is 0 Å². The summed E-state index contributed by atoms with van der Waals surface area (Å²) >= 11 is 0. The molecule has 0 aromatic heterocycles. The third-order valence-corrected chi connectivity index (χ3v) is 7.72. The van der Waals surface area contributed by atoms with Crippen molar-refractivity contribution in [3.8, 4) is 0 Å². The Balaban J connectivity index is 1.61. The van der Waals surface area contributed by atoms with Gasteiger partial charge in [-0.2, -0.15) is 0 Å². The molecule has 1 fully saturated rings. The summed E-state index contributed by atoms with van der Waals surface area (Å²) in [7, 11) is 13.5. The molecule has 2 aromatic rings. The predicted octanol–water partition coefficient (Wildman–Crippen LogP) is 6.36. The Morgan fingerprint density at radius 1 is 0.625 bits per heavy atom. The summed E-state index contributed by atoms with van der Waals surface area (Å²) in [5.41, 5.74) is 6.54. The first-order valence-electron chi connectivity index (χ1n) is 15.2. The summed E-state index contributed by atoms with van der Waals surface area (Å²) in [5.74, 6) is 0.194. The third-order valence-electron chi connectivity index (χ3n) is 7.72. The van der Waals surface area contributed by atoms with E-state index in [1.807, 2.05) is 0 Å². The van der Waals surface area contributed by atoms with Crippen LogP contribution in [-0.4, -0.2) is 96.3 Å². The molecule has 1 saturated carbocycles. The zero-order valence-corrected chi connectivity index (χ0v) is 26.5. The number of ketones is 1. The average Bonchev–Trinajstić information content (AvgIpc) is 3.23. The second kappa shape index (κ2) is 14.1. The molecule has 0 unspecified atom stereocenters. The number of anilines is 2. The molecule has 0 radical (unpaired) electrons. The number of carbonyl (C=O) groups excluding carboxylic acids is 1. The van der Waals surface area contributed by atoms with Gasteiger partial charge in [0.25, 0.3) is 0 Å². The lowest BCUT2D eigenvalue weighted by molar-refractivity contribution is -0.870. The number of nitrogens with zero attached hydrogens (tertiary/aromatic N) is 4. The number of hydrogen-bond acceptors (Lipinski definition) is 3. The van der Waals surface area contributed by atoms with Crippen LogP contribution in [-0.2, 0) is 4.79 Å². The number of rotatable bonds is 14. The standard InChI is InChI=1S/C35H54N4O/c1-9-36(23-11-25-38(3,4)5)33-19-13-29(14-20-33)27-31-17-18-32(35(31)40)28-30-15-21-34(22-16-30)37(10-2)24-12-26-39(6,7)8/h13-16,19-22,27-28H,9-12,17-18,23-26H2,1-8H3/q+2. The highest BCUT2D eigenvalue weighted by Crippen LogP contribution is 2.30. The molecule has 0 saturated heterocycles. The number of carbonyl (C=O) groups is 1. The molecule has 0 N–H and O–H groups in total. The SMILES string of the molecule is CCN(CCC[N+](C)(C)C)c1ccc(C=C2CCC(=Cc3ccc(N(CC)CCC[N+](C)(C)C)cc3)C2=O)cc1. The second-order valence-corrected chi connectivity index (χ2v) is 13.2. The highest BCUT2D eigenvalue weighted by atomic mass is 16.1. The largest absolute Gasteiger partial charge is 0.372 e. The van der Waals surface area contributed by atoms with Crippen molar-refractivity contribution in [1.29, 1.82) is 0 Å². The van der Waals surface area contributed by atoms with Crippen LogP contribution in [0.1, 0.15) is 50.7 Å². The topological polar surface area (TPSA) is 23.6 Å². The molecule has 0 aliphatic heterocycles. The van der Waals surface area contributed by atoms with Crippen molar-refractivity contribution in [3.63, 3.8) is 0 Å². The third kappa shape index (κ3) is 9.94. The minimum Gasteiger partial charge on any atom is -0.372 e. The second-order valence-electron chi connectivity index (χ2n) is 13.2. The van der Waals surface area contributed by atoms with E-state index in [0.29, 0.717) is 0 Å². The maximum absolute atomic E-state index is 13.2. The van der Waals surface area contributed by atoms with E-state index in [1.165, 1.54) is 24.2 Å². The van der Waals surface area contributed by atoms with Crippen LogP contribution >= 0.6 is 0 Å². The predicted molar refractivity (Wildman–Crippen MR) is 174 cm³/mol. The van der Waals surface area contributed by atoms with Crippen molar-refractivity contribution in [2.24, 2.45) is 0 Å². The first-order valence-corrected chi connectivity index (χ1v) is 15.2. The van der Waals surface area contributed by atoms with E-state index in [9.17, 15) is 4.79 Å². The zero-order valence-electron chi connectivity index (χ0n) is 26.5. The molecule has 5 nitrogen and oxygen atoms in total. The molecule has 1 aliphatic rings. The molecule has 0 bridgehead atoms. The number of benzene rings is 2. The molecule has 2 aromatic carbocycles. The molecule has 0 heterocycles. The van der Waals surface area contributed by atoms with Crippen LogP contribution in [0.15, 0.2) is 59.7 Å². The Morgan fingerprint density at radius 3 is 1.27 bits per heavy atom. The normalized spacial score (nSPS) is 16.2. The molecular formula is C35H54N4O+2. The number of Topliss-reactive ketones (excluding diaryl/α,β-unsaturated/α-hetero) is 1. The van der Waals surface area contributed by atoms with Gasteiger partial charge in [0.05, 0.1) is 55.4 Å². The fourth-order valence-electron chi connectivity index (χ4n) is 5.35. The maximum Gasteiger partial charge on any atom is 0.185 e. The zero-order chi connectivity index (χ0) is 29.3. The van der Waals surface area contributed by atoms with Crippen LogP contribution < -0.4 is 9.80 Å². The first kappa shape index (κ1) is 31.6. The van der Waals surface area contributed by atoms with Gasteiger partial charge in [0.2, 0.25) is 0 Å². The fourth-order valence-corrected chi connectivity index (χ4v) is 5.35. The molecule has 3 rings (SSSR count). The van der Waals surface area contributed by atoms with Crippen molar-refractivity contribution in [1.82, 2.24) is 0 Å². The minimum atomic E-state index is 0.194. The van der Waals surface area contributed by atoms with Crippen LogP contribution in [0.3, 0.4) is 0 Å². The van der Waals surface area contributed by atoms with Gasteiger partial charge in [-0.05, 0) is 74.2 Å². The average molecular weight is 547 g/mol. The van der Waals surface area contributed by atoms with Crippen molar-refractivity contribution >= 4 is 29.3 Å². The van der Waals surface area contributed by atoms with Gasteiger partial charge < -0.3 is 18.8 Å². The van der Waals surface area contributed by atoms with E-state index in [4.69, 9.17) is 0 Å². The van der Waals surface area contributed by atoms with Gasteiger partial charge in [0, 0.05) is 61.5 Å². The smallest absolute Gasteiger partial charge is 0.185 e. The van der Waals surface area contributed by atoms with Gasteiger partial charge in [-0.25, -0.2) is 0 Å². The number of quaternary nitrogens is 2. The summed E-state index contributed by atoms with van der Waals surface area (Å²) in [5, 5.41) is 0. The van der Waals surface area contributed by atoms with E-state index in [0.717, 1.165) is 83.3 Å². The number of allylic oxidation sites excluding steroid dienone is 2. The Hall–Kier alpha value is -2.89. The van der Waals surface area contributed by atoms with Crippen LogP contribution in [0.5, 0.6) is 0 Å². The first-order chi connectivity index (χ1) is 18.9. The molecule has 218 valence electrons. The summed E-state index contributed by atoms with van der Waals surface area (Å²) in [6.45, 7) is 10.9. The summed E-state index contributed by atoms with van der Waals surface area (Å²) in [6, 6.07) is 17.4. The van der Waals surface area contributed by atoms with E-state index in [-0.39, 0.29) is 5.78 Å². The van der Waals surface area contributed by atoms with Gasteiger partial charge in [-0.3, -0.25) is 4.79 Å². The Labute approximate surface area is 244 Å². The Bertz CT molecular complexity index is 1060. The van der Waals surface area contributed by atoms with Crippen molar-refractivity contribution in [3.05, 3.63) is 70.8 Å². The van der Waals surface area contributed by atoms with Crippen LogP contribution in [0.25, 0.3) is 12.2 Å². The van der Waals surface area contributed by atoms with E-state index < -0.39 is 0 Å². The van der Waals surface area contributed by atoms with Crippen molar-refractivity contribution in [2.45, 2.75) is 39.5 Å². The lowest BCUT2D eigenvalue weighted by Gasteiger charge is -2.27. The van der Waals surface area contributed by atoms with E-state index in [2.05, 4.69) is 127 Å². The highest BCUT2D eigenvalue weighted by molar-refractivity contribution is 6.15. The Morgan fingerprint density at radius 2 is 0.975 bits per heavy atom. The summed E-state index contributed by atoms with van der Waals surface area (Å²) in [6.07, 6.45) is 8.13. The monoisotopic (exact) mass is 546 g/mol. The minimum absolute atomic E-state index is 0.194. The van der Waals surface area contributed by atoms with E-state index >= 15 is 0 Å². The highest BCUT2D eigenvalue weighted by Gasteiger charge is 2.23. The lowest BCUT2D eigenvalue weighted by atomic mass is 10.1. The fraction of sp³-hybridized carbons (Fsp3) is 0.514. The van der Waals surface area contributed by atoms with Crippen LogP contribution in [0.2, 0.25) is 0 Å². The summed E-state index contributed by atoms with van der Waals surface area (Å²) < 4.78 is 1.99. The number of hydrogen-bond donors (Lipinski definition) is 0. The lowest BCUT2D eigenvalue weighted by Crippen LogP contribution is -2.37. The van der Waals surface area contributed by atoms with Crippen LogP contribution in [0.4, 0.5) is 11.4 Å². The van der Waals surface area contributed by atoms with E-state index in [1.54, 1.807) is 0 Å². The molecule has 1 aliphatic carbocycles. The van der Waals surface area contributed by atoms with Gasteiger partial charge in [-0.1, -0.05) is 24.3 Å². The molecule has 0 atom stereocenters. The molecule has 5 heteroatoms. The molecule has 0 spiro atoms. The molecule has 0 amide bonds. The summed E-state index contributed by atoms with van der Waals surface area (Å²) in [4.78, 5) is 18.1. The van der Waals surface area contributed by atoms with Gasteiger partial charge in [0.1, 0.15) is 0 Å². The van der Waals surface area contributed by atoms with Gasteiger partial charge in [-0.15, -0.1) is 0 Å². The quantitative estimate of drug-likeness (QED) is 0.203. The maximum atomic E-state index is 13.2. The van der Waals surface area contributed by atoms with Crippen LogP contribution in [0, 0.1) is 0 Å².